The minimum atomic E-state index is 0.660. The first kappa shape index (κ1) is 28.6. The lowest BCUT2D eigenvalue weighted by atomic mass is 9.91. The highest BCUT2D eigenvalue weighted by Gasteiger charge is 2.17. The lowest BCUT2D eigenvalue weighted by Crippen LogP contribution is -1.99. The Hall–Kier alpha value is -6.43. The van der Waals surface area contributed by atoms with Crippen molar-refractivity contribution < 1.29 is 4.42 Å². The molecule has 0 spiro atoms. The van der Waals surface area contributed by atoms with Crippen LogP contribution in [0.2, 0.25) is 0 Å². The Morgan fingerprint density at radius 2 is 0.880 bits per heavy atom. The quantitative estimate of drug-likeness (QED) is 0.185. The molecule has 50 heavy (non-hydrogen) atoms. The molecular formula is C45H27N3OS. The van der Waals surface area contributed by atoms with Crippen molar-refractivity contribution in [3.8, 4) is 56.4 Å². The fourth-order valence-corrected chi connectivity index (χ4v) is 8.17. The Morgan fingerprint density at radius 1 is 0.360 bits per heavy atom. The predicted molar refractivity (Wildman–Crippen MR) is 207 cm³/mol. The van der Waals surface area contributed by atoms with E-state index in [1.807, 2.05) is 72.8 Å². The Balaban J connectivity index is 1.09. The molecule has 0 fully saturated rings. The molecule has 0 unspecified atom stereocenters. The van der Waals surface area contributed by atoms with Crippen LogP contribution in [-0.4, -0.2) is 15.0 Å². The van der Waals surface area contributed by atoms with Gasteiger partial charge in [0.2, 0.25) is 0 Å². The van der Waals surface area contributed by atoms with Crippen LogP contribution in [-0.2, 0) is 0 Å². The van der Waals surface area contributed by atoms with Gasteiger partial charge in [-0.3, -0.25) is 0 Å². The summed E-state index contributed by atoms with van der Waals surface area (Å²) in [5.74, 6) is 1.98. The molecule has 4 nitrogen and oxygen atoms in total. The van der Waals surface area contributed by atoms with Crippen LogP contribution < -0.4 is 0 Å². The molecule has 5 heteroatoms. The highest BCUT2D eigenvalue weighted by molar-refractivity contribution is 7.25. The number of para-hydroxylation sites is 1. The summed E-state index contributed by atoms with van der Waals surface area (Å²) < 4.78 is 8.67. The van der Waals surface area contributed by atoms with Crippen molar-refractivity contribution in [2.45, 2.75) is 0 Å². The van der Waals surface area contributed by atoms with Crippen molar-refractivity contribution in [2.75, 3.05) is 0 Å². The summed E-state index contributed by atoms with van der Waals surface area (Å²) in [5.41, 5.74) is 9.42. The van der Waals surface area contributed by atoms with Crippen LogP contribution in [0.5, 0.6) is 0 Å². The summed E-state index contributed by atoms with van der Waals surface area (Å²) in [5, 5.41) is 4.75. The number of nitrogens with zero attached hydrogens (tertiary/aromatic N) is 3. The van der Waals surface area contributed by atoms with Gasteiger partial charge in [0.1, 0.15) is 11.2 Å². The third-order valence-electron chi connectivity index (χ3n) is 9.36. The molecule has 0 aliphatic carbocycles. The van der Waals surface area contributed by atoms with Crippen molar-refractivity contribution >= 4 is 53.4 Å². The van der Waals surface area contributed by atoms with E-state index in [0.29, 0.717) is 17.5 Å². The number of hydrogen-bond acceptors (Lipinski definition) is 5. The average Bonchev–Trinajstić information content (AvgIpc) is 3.76. The molecule has 0 N–H and O–H groups in total. The Bertz CT molecular complexity index is 2820. The SMILES string of the molecule is c1ccc(-c2nc(-c3ccccc3)nc(-c3ccc4c(c3)sc3cc(-c5ccccc5-c5cccc6oc7ccccc7c56)ccc34)n2)cc1. The van der Waals surface area contributed by atoms with Gasteiger partial charge in [-0.15, -0.1) is 11.3 Å². The first-order chi connectivity index (χ1) is 24.8. The van der Waals surface area contributed by atoms with Crippen LogP contribution in [0.25, 0.3) is 98.5 Å². The van der Waals surface area contributed by atoms with Gasteiger partial charge in [0.15, 0.2) is 17.5 Å². The van der Waals surface area contributed by atoms with E-state index in [9.17, 15) is 0 Å². The van der Waals surface area contributed by atoms with Crippen molar-refractivity contribution in [3.05, 3.63) is 164 Å². The molecule has 0 radical (unpaired) electrons. The molecule has 0 saturated heterocycles. The van der Waals surface area contributed by atoms with Gasteiger partial charge in [0.05, 0.1) is 0 Å². The second-order valence-electron chi connectivity index (χ2n) is 12.4. The molecule has 0 saturated carbocycles. The number of hydrogen-bond donors (Lipinski definition) is 0. The summed E-state index contributed by atoms with van der Waals surface area (Å²) in [4.78, 5) is 14.8. The second-order valence-corrected chi connectivity index (χ2v) is 13.5. The fourth-order valence-electron chi connectivity index (χ4n) is 6.99. The van der Waals surface area contributed by atoms with Crippen molar-refractivity contribution in [1.29, 1.82) is 0 Å². The molecule has 10 rings (SSSR count). The molecule has 10 aromatic rings. The molecule has 0 amide bonds. The smallest absolute Gasteiger partial charge is 0.164 e. The standard InChI is InChI=1S/C45H27N3OS/c1-3-12-28(13-4-1)43-46-44(29-14-5-2-6-15-29)48-45(47-43)31-23-25-35-34-24-22-30(26-40(34)50-41(35)27-31)32-16-7-8-17-33(32)36-19-11-21-39-42(36)37-18-9-10-20-38(37)49-39/h1-27H. The zero-order valence-corrected chi connectivity index (χ0v) is 27.6. The van der Waals surface area contributed by atoms with Gasteiger partial charge in [0.25, 0.3) is 0 Å². The summed E-state index contributed by atoms with van der Waals surface area (Å²) in [6.45, 7) is 0. The van der Waals surface area contributed by atoms with Gasteiger partial charge in [-0.05, 0) is 46.5 Å². The maximum absolute atomic E-state index is 6.24. The van der Waals surface area contributed by atoms with Gasteiger partial charge in [-0.1, -0.05) is 140 Å². The van der Waals surface area contributed by atoms with E-state index in [2.05, 4.69) is 91.0 Å². The highest BCUT2D eigenvalue weighted by Crippen LogP contribution is 2.43. The van der Waals surface area contributed by atoms with E-state index in [0.717, 1.165) is 38.6 Å². The Kier molecular flexibility index (Phi) is 6.64. The molecule has 0 bridgehead atoms. The van der Waals surface area contributed by atoms with Crippen LogP contribution in [0.3, 0.4) is 0 Å². The van der Waals surface area contributed by atoms with E-state index >= 15 is 0 Å². The van der Waals surface area contributed by atoms with E-state index < -0.39 is 0 Å². The molecule has 0 aliphatic rings. The monoisotopic (exact) mass is 657 g/mol. The maximum Gasteiger partial charge on any atom is 0.164 e. The van der Waals surface area contributed by atoms with E-state index in [4.69, 9.17) is 19.4 Å². The summed E-state index contributed by atoms with van der Waals surface area (Å²) in [7, 11) is 0. The van der Waals surface area contributed by atoms with Gasteiger partial charge >= 0.3 is 0 Å². The van der Waals surface area contributed by atoms with Crippen LogP contribution in [0, 0.1) is 0 Å². The number of rotatable bonds is 5. The fraction of sp³-hybridized carbons (Fsp3) is 0. The van der Waals surface area contributed by atoms with Crippen molar-refractivity contribution in [1.82, 2.24) is 15.0 Å². The van der Waals surface area contributed by atoms with Crippen LogP contribution in [0.1, 0.15) is 0 Å². The number of thiophene rings is 1. The maximum atomic E-state index is 6.24. The topological polar surface area (TPSA) is 51.8 Å². The molecule has 0 atom stereocenters. The predicted octanol–water partition coefficient (Wildman–Crippen LogP) is 12.5. The summed E-state index contributed by atoms with van der Waals surface area (Å²) in [6, 6.07) is 56.9. The van der Waals surface area contributed by atoms with E-state index in [1.54, 1.807) is 11.3 Å². The lowest BCUT2D eigenvalue weighted by molar-refractivity contribution is 0.669. The van der Waals surface area contributed by atoms with Crippen molar-refractivity contribution in [3.63, 3.8) is 0 Å². The summed E-state index contributed by atoms with van der Waals surface area (Å²) in [6.07, 6.45) is 0. The van der Waals surface area contributed by atoms with Gasteiger partial charge in [-0.2, -0.15) is 0 Å². The zero-order chi connectivity index (χ0) is 33.0. The minimum absolute atomic E-state index is 0.660. The second kappa shape index (κ2) is 11.6. The van der Waals surface area contributed by atoms with Gasteiger partial charge in [0, 0.05) is 47.6 Å². The van der Waals surface area contributed by atoms with E-state index in [-0.39, 0.29) is 0 Å². The number of benzene rings is 7. The zero-order valence-electron chi connectivity index (χ0n) is 26.7. The largest absolute Gasteiger partial charge is 0.456 e. The first-order valence-corrected chi connectivity index (χ1v) is 17.4. The minimum Gasteiger partial charge on any atom is -0.456 e. The molecule has 0 aliphatic heterocycles. The normalized spacial score (nSPS) is 11.6. The number of furan rings is 1. The molecule has 3 heterocycles. The highest BCUT2D eigenvalue weighted by atomic mass is 32.1. The van der Waals surface area contributed by atoms with Gasteiger partial charge < -0.3 is 4.42 Å². The Morgan fingerprint density at radius 3 is 1.58 bits per heavy atom. The summed E-state index contributed by atoms with van der Waals surface area (Å²) >= 11 is 1.80. The Labute approximate surface area is 292 Å². The van der Waals surface area contributed by atoms with Crippen molar-refractivity contribution in [2.24, 2.45) is 0 Å². The third kappa shape index (κ3) is 4.79. The molecule has 7 aromatic carbocycles. The first-order valence-electron chi connectivity index (χ1n) is 16.6. The van der Waals surface area contributed by atoms with Gasteiger partial charge in [-0.25, -0.2) is 15.0 Å². The van der Waals surface area contributed by atoms with Crippen LogP contribution in [0.15, 0.2) is 168 Å². The molecule has 3 aromatic heterocycles. The third-order valence-corrected chi connectivity index (χ3v) is 10.5. The lowest BCUT2D eigenvalue weighted by Gasteiger charge is -2.11. The molecular weight excluding hydrogens is 631 g/mol. The van der Waals surface area contributed by atoms with E-state index in [1.165, 1.54) is 42.4 Å². The average molecular weight is 658 g/mol. The number of aromatic nitrogens is 3. The van der Waals surface area contributed by atoms with Crippen LogP contribution >= 0.6 is 11.3 Å². The number of fused-ring (bicyclic) bond motifs is 6. The molecule has 234 valence electrons. The van der Waals surface area contributed by atoms with Crippen LogP contribution in [0.4, 0.5) is 0 Å².